The van der Waals surface area contributed by atoms with E-state index in [1.54, 1.807) is 0 Å². The number of hydrogen-bond donors (Lipinski definition) is 1. The SMILES string of the molecule is CS(=O)(=O)CCN1C(=O)CNC(=O)C12CCCCC2. The maximum absolute atomic E-state index is 12.2. The van der Waals surface area contributed by atoms with E-state index < -0.39 is 15.4 Å². The number of carbonyl (C=O) groups is 2. The average Bonchev–Trinajstić information content (AvgIpc) is 2.34. The Morgan fingerprint density at radius 3 is 2.42 bits per heavy atom. The molecule has 0 aromatic heterocycles. The fraction of sp³-hybridized carbons (Fsp3) is 0.833. The molecule has 1 aliphatic heterocycles. The summed E-state index contributed by atoms with van der Waals surface area (Å²) in [6.45, 7) is 0.0927. The molecule has 1 heterocycles. The van der Waals surface area contributed by atoms with Gasteiger partial charge in [0.1, 0.15) is 15.4 Å². The molecule has 108 valence electrons. The first-order valence-electron chi connectivity index (χ1n) is 6.62. The summed E-state index contributed by atoms with van der Waals surface area (Å²) in [6, 6.07) is 0. The first-order valence-corrected chi connectivity index (χ1v) is 8.68. The molecule has 2 aliphatic rings. The minimum atomic E-state index is -3.15. The van der Waals surface area contributed by atoms with E-state index in [1.165, 1.54) is 4.90 Å². The summed E-state index contributed by atoms with van der Waals surface area (Å²) in [5.74, 6) is -0.390. The zero-order valence-corrected chi connectivity index (χ0v) is 12.0. The van der Waals surface area contributed by atoms with Gasteiger partial charge in [-0.1, -0.05) is 19.3 Å². The number of carbonyl (C=O) groups excluding carboxylic acids is 2. The van der Waals surface area contributed by atoms with Crippen LogP contribution in [0.25, 0.3) is 0 Å². The Morgan fingerprint density at radius 2 is 1.84 bits per heavy atom. The molecule has 0 bridgehead atoms. The fourth-order valence-corrected chi connectivity index (χ4v) is 3.52. The molecule has 0 radical (unpaired) electrons. The molecule has 2 rings (SSSR count). The number of amides is 2. The van der Waals surface area contributed by atoms with E-state index in [-0.39, 0.29) is 30.7 Å². The van der Waals surface area contributed by atoms with Crippen molar-refractivity contribution in [2.45, 2.75) is 37.6 Å². The molecule has 2 amide bonds. The van der Waals surface area contributed by atoms with Crippen molar-refractivity contribution in [3.63, 3.8) is 0 Å². The summed E-state index contributed by atoms with van der Waals surface area (Å²) in [5, 5.41) is 2.64. The van der Waals surface area contributed by atoms with Gasteiger partial charge in [-0.3, -0.25) is 9.59 Å². The number of nitrogens with zero attached hydrogens (tertiary/aromatic N) is 1. The fourth-order valence-electron chi connectivity index (χ4n) is 3.01. The van der Waals surface area contributed by atoms with Gasteiger partial charge in [-0.2, -0.15) is 0 Å². The second-order valence-electron chi connectivity index (χ2n) is 5.45. The molecule has 1 saturated heterocycles. The maximum atomic E-state index is 12.2. The van der Waals surface area contributed by atoms with E-state index in [9.17, 15) is 18.0 Å². The van der Waals surface area contributed by atoms with Crippen molar-refractivity contribution in [3.8, 4) is 0 Å². The molecule has 0 aromatic rings. The zero-order valence-electron chi connectivity index (χ0n) is 11.1. The molecular weight excluding hydrogens is 268 g/mol. The highest BCUT2D eigenvalue weighted by Gasteiger charge is 2.49. The van der Waals surface area contributed by atoms with Crippen LogP contribution in [0.3, 0.4) is 0 Å². The summed E-state index contributed by atoms with van der Waals surface area (Å²) in [4.78, 5) is 25.7. The van der Waals surface area contributed by atoms with Crippen LogP contribution in [-0.2, 0) is 19.4 Å². The van der Waals surface area contributed by atoms with E-state index in [1.807, 2.05) is 0 Å². The highest BCUT2D eigenvalue weighted by Crippen LogP contribution is 2.35. The number of sulfone groups is 1. The Bertz CT molecular complexity index is 480. The first-order chi connectivity index (χ1) is 8.85. The highest BCUT2D eigenvalue weighted by molar-refractivity contribution is 7.90. The van der Waals surface area contributed by atoms with Crippen LogP contribution in [0.15, 0.2) is 0 Å². The Balaban J connectivity index is 2.23. The van der Waals surface area contributed by atoms with Crippen LogP contribution in [0.1, 0.15) is 32.1 Å². The van der Waals surface area contributed by atoms with Gasteiger partial charge in [0.05, 0.1) is 12.3 Å². The van der Waals surface area contributed by atoms with Crippen molar-refractivity contribution >= 4 is 21.7 Å². The predicted octanol–water partition coefficient (Wildman–Crippen LogP) is -0.308. The Kier molecular flexibility index (Phi) is 3.85. The van der Waals surface area contributed by atoms with E-state index in [0.29, 0.717) is 12.8 Å². The Morgan fingerprint density at radius 1 is 1.21 bits per heavy atom. The van der Waals surface area contributed by atoms with Gasteiger partial charge < -0.3 is 10.2 Å². The molecule has 2 fully saturated rings. The van der Waals surface area contributed by atoms with Crippen molar-refractivity contribution < 1.29 is 18.0 Å². The van der Waals surface area contributed by atoms with Crippen molar-refractivity contribution in [2.24, 2.45) is 0 Å². The summed E-state index contributed by atoms with van der Waals surface area (Å²) >= 11 is 0. The van der Waals surface area contributed by atoms with Crippen molar-refractivity contribution in [3.05, 3.63) is 0 Å². The van der Waals surface area contributed by atoms with Crippen LogP contribution < -0.4 is 5.32 Å². The van der Waals surface area contributed by atoms with E-state index in [2.05, 4.69) is 5.32 Å². The molecule has 0 atom stereocenters. The predicted molar refractivity (Wildman–Crippen MR) is 70.2 cm³/mol. The zero-order chi connectivity index (χ0) is 14.1. The molecular formula is C12H20N2O4S. The molecule has 6 nitrogen and oxygen atoms in total. The number of piperazine rings is 1. The number of rotatable bonds is 3. The van der Waals surface area contributed by atoms with Crippen molar-refractivity contribution in [2.75, 3.05) is 25.1 Å². The largest absolute Gasteiger partial charge is 0.345 e. The minimum absolute atomic E-state index is 0.0235. The van der Waals surface area contributed by atoms with Crippen LogP contribution in [0, 0.1) is 0 Å². The van der Waals surface area contributed by atoms with Gasteiger partial charge in [0.15, 0.2) is 0 Å². The van der Waals surface area contributed by atoms with Gasteiger partial charge >= 0.3 is 0 Å². The van der Waals surface area contributed by atoms with Crippen LogP contribution in [-0.4, -0.2) is 55.8 Å². The quantitative estimate of drug-likeness (QED) is 0.772. The summed E-state index contributed by atoms with van der Waals surface area (Å²) < 4.78 is 22.6. The second-order valence-corrected chi connectivity index (χ2v) is 7.71. The van der Waals surface area contributed by atoms with Gasteiger partial charge in [-0.05, 0) is 12.8 Å². The molecule has 19 heavy (non-hydrogen) atoms. The Hall–Kier alpha value is -1.11. The second kappa shape index (κ2) is 5.11. The normalized spacial score (nSPS) is 23.5. The average molecular weight is 288 g/mol. The summed E-state index contributed by atoms with van der Waals surface area (Å²) in [5.41, 5.74) is -0.807. The van der Waals surface area contributed by atoms with Gasteiger partial charge in [0.25, 0.3) is 0 Å². The molecule has 1 saturated carbocycles. The number of hydrogen-bond acceptors (Lipinski definition) is 4. The van der Waals surface area contributed by atoms with Crippen LogP contribution in [0.5, 0.6) is 0 Å². The minimum Gasteiger partial charge on any atom is -0.345 e. The molecule has 1 aliphatic carbocycles. The lowest BCUT2D eigenvalue weighted by Gasteiger charge is -2.47. The molecule has 1 spiro atoms. The van der Waals surface area contributed by atoms with E-state index in [4.69, 9.17) is 0 Å². The van der Waals surface area contributed by atoms with Crippen LogP contribution >= 0.6 is 0 Å². The highest BCUT2D eigenvalue weighted by atomic mass is 32.2. The number of nitrogens with one attached hydrogen (secondary N) is 1. The van der Waals surface area contributed by atoms with Crippen molar-refractivity contribution in [1.29, 1.82) is 0 Å². The van der Waals surface area contributed by atoms with E-state index >= 15 is 0 Å². The molecule has 1 N–H and O–H groups in total. The third-order valence-electron chi connectivity index (χ3n) is 4.01. The lowest BCUT2D eigenvalue weighted by atomic mass is 9.78. The molecule has 0 unspecified atom stereocenters. The van der Waals surface area contributed by atoms with Gasteiger partial charge in [0.2, 0.25) is 11.8 Å². The van der Waals surface area contributed by atoms with Crippen molar-refractivity contribution in [1.82, 2.24) is 10.2 Å². The Labute approximate surface area is 113 Å². The topological polar surface area (TPSA) is 83.6 Å². The van der Waals surface area contributed by atoms with Gasteiger partial charge in [-0.15, -0.1) is 0 Å². The van der Waals surface area contributed by atoms with E-state index in [0.717, 1.165) is 25.5 Å². The maximum Gasteiger partial charge on any atom is 0.246 e. The third-order valence-corrected chi connectivity index (χ3v) is 4.93. The lowest BCUT2D eigenvalue weighted by Crippen LogP contribution is -2.68. The summed E-state index contributed by atoms with van der Waals surface area (Å²) in [7, 11) is -3.15. The molecule has 0 aromatic carbocycles. The third kappa shape index (κ3) is 2.91. The van der Waals surface area contributed by atoms with Gasteiger partial charge in [-0.25, -0.2) is 8.42 Å². The van der Waals surface area contributed by atoms with Crippen LogP contribution in [0.4, 0.5) is 0 Å². The van der Waals surface area contributed by atoms with Gasteiger partial charge in [0, 0.05) is 12.8 Å². The smallest absolute Gasteiger partial charge is 0.246 e. The lowest BCUT2D eigenvalue weighted by molar-refractivity contribution is -0.155. The van der Waals surface area contributed by atoms with Crippen LogP contribution in [0.2, 0.25) is 0 Å². The summed E-state index contributed by atoms with van der Waals surface area (Å²) in [6.07, 6.45) is 5.27. The first kappa shape index (κ1) is 14.3. The monoisotopic (exact) mass is 288 g/mol. The molecule has 7 heteroatoms. The standard InChI is InChI=1S/C12H20N2O4S/c1-19(17,18)8-7-14-10(15)9-13-11(16)12(14)5-3-2-4-6-12/h2-9H2,1H3,(H,13,16).